The van der Waals surface area contributed by atoms with Crippen LogP contribution >= 0.6 is 0 Å². The highest BCUT2D eigenvalue weighted by molar-refractivity contribution is 7.89. The van der Waals surface area contributed by atoms with E-state index in [1.807, 2.05) is 0 Å². The average molecular weight is 369 g/mol. The molecule has 0 radical (unpaired) electrons. The monoisotopic (exact) mass is 369 g/mol. The molecule has 0 unspecified atom stereocenters. The number of amides is 2. The fraction of sp³-hybridized carbons (Fsp3) is 0.500. The summed E-state index contributed by atoms with van der Waals surface area (Å²) in [7, 11) is -3.52. The number of carbonyl (C=O) groups is 2. The van der Waals surface area contributed by atoms with Crippen LogP contribution in [0.15, 0.2) is 29.2 Å². The van der Waals surface area contributed by atoms with Crippen LogP contribution in [0.3, 0.4) is 0 Å². The molecule has 9 heteroatoms. The van der Waals surface area contributed by atoms with E-state index in [-0.39, 0.29) is 10.5 Å². The van der Waals surface area contributed by atoms with E-state index in [0.717, 1.165) is 12.8 Å². The Bertz CT molecular complexity index is 732. The number of carbonyl (C=O) groups excluding carboxylic acids is 2. The molecule has 2 rings (SSSR count). The zero-order chi connectivity index (χ0) is 18.7. The van der Waals surface area contributed by atoms with E-state index in [9.17, 15) is 18.0 Å². The zero-order valence-corrected chi connectivity index (χ0v) is 15.4. The molecule has 1 saturated heterocycles. The van der Waals surface area contributed by atoms with Gasteiger partial charge in [0.25, 0.3) is 5.91 Å². The van der Waals surface area contributed by atoms with Gasteiger partial charge < -0.3 is 4.74 Å². The van der Waals surface area contributed by atoms with Gasteiger partial charge in [0, 0.05) is 18.7 Å². The van der Waals surface area contributed by atoms with Gasteiger partial charge in [0.15, 0.2) is 0 Å². The second-order valence-electron chi connectivity index (χ2n) is 6.72. The maximum atomic E-state index is 12.4. The lowest BCUT2D eigenvalue weighted by molar-refractivity contribution is 0.0483. The Labute approximate surface area is 147 Å². The van der Waals surface area contributed by atoms with Crippen molar-refractivity contribution >= 4 is 22.0 Å². The molecular formula is C16H23N3O5S. The van der Waals surface area contributed by atoms with Crippen LogP contribution in [0, 0.1) is 0 Å². The fourth-order valence-electron chi connectivity index (χ4n) is 2.34. The fourth-order valence-corrected chi connectivity index (χ4v) is 3.86. The van der Waals surface area contributed by atoms with Crippen LogP contribution in [-0.4, -0.2) is 43.4 Å². The molecule has 1 aromatic rings. The van der Waals surface area contributed by atoms with Crippen molar-refractivity contribution < 1.29 is 22.7 Å². The molecule has 0 aliphatic carbocycles. The van der Waals surface area contributed by atoms with Crippen LogP contribution in [0.25, 0.3) is 0 Å². The SMILES string of the molecule is CC(C)(C)OC(=O)NNC(=O)c1ccc(S(=O)(=O)N2CCCC2)cc1. The van der Waals surface area contributed by atoms with E-state index in [2.05, 4.69) is 10.9 Å². The summed E-state index contributed by atoms with van der Waals surface area (Å²) in [6.45, 7) is 6.14. The molecular weight excluding hydrogens is 346 g/mol. The lowest BCUT2D eigenvalue weighted by atomic mass is 10.2. The van der Waals surface area contributed by atoms with Gasteiger partial charge in [0.2, 0.25) is 10.0 Å². The molecule has 0 bridgehead atoms. The van der Waals surface area contributed by atoms with Crippen molar-refractivity contribution in [2.24, 2.45) is 0 Å². The quantitative estimate of drug-likeness (QED) is 0.788. The lowest BCUT2D eigenvalue weighted by Gasteiger charge is -2.19. The van der Waals surface area contributed by atoms with Crippen LogP contribution in [0.1, 0.15) is 44.0 Å². The molecule has 138 valence electrons. The van der Waals surface area contributed by atoms with E-state index in [4.69, 9.17) is 4.74 Å². The Morgan fingerprint density at radius 3 is 2.12 bits per heavy atom. The zero-order valence-electron chi connectivity index (χ0n) is 14.5. The maximum Gasteiger partial charge on any atom is 0.426 e. The second kappa shape index (κ2) is 7.40. The van der Waals surface area contributed by atoms with Gasteiger partial charge in [-0.25, -0.2) is 18.6 Å². The van der Waals surface area contributed by atoms with E-state index >= 15 is 0 Å². The number of hydrazine groups is 1. The summed E-state index contributed by atoms with van der Waals surface area (Å²) in [6, 6.07) is 5.57. The van der Waals surface area contributed by atoms with Crippen molar-refractivity contribution in [2.75, 3.05) is 13.1 Å². The normalized spacial score (nSPS) is 15.6. The second-order valence-corrected chi connectivity index (χ2v) is 8.65. The van der Waals surface area contributed by atoms with Crippen molar-refractivity contribution in [3.63, 3.8) is 0 Å². The molecule has 2 amide bonds. The molecule has 0 aromatic heterocycles. The number of sulfonamides is 1. The highest BCUT2D eigenvalue weighted by Crippen LogP contribution is 2.21. The number of hydrogen-bond donors (Lipinski definition) is 2. The summed E-state index contributed by atoms with van der Waals surface area (Å²) >= 11 is 0. The topological polar surface area (TPSA) is 105 Å². The molecule has 1 aromatic carbocycles. The molecule has 0 atom stereocenters. The minimum absolute atomic E-state index is 0.144. The van der Waals surface area contributed by atoms with Gasteiger partial charge in [-0.2, -0.15) is 4.31 Å². The molecule has 1 aliphatic rings. The third kappa shape index (κ3) is 5.17. The van der Waals surface area contributed by atoms with Crippen LogP contribution in [0.2, 0.25) is 0 Å². The van der Waals surface area contributed by atoms with Crippen LogP contribution in [-0.2, 0) is 14.8 Å². The molecule has 2 N–H and O–H groups in total. The predicted molar refractivity (Wildman–Crippen MR) is 91.3 cm³/mol. The van der Waals surface area contributed by atoms with Gasteiger partial charge in [-0.05, 0) is 57.9 Å². The maximum absolute atomic E-state index is 12.4. The molecule has 1 heterocycles. The first-order valence-corrected chi connectivity index (χ1v) is 9.43. The Kier molecular flexibility index (Phi) is 5.69. The summed E-state index contributed by atoms with van der Waals surface area (Å²) in [6.07, 6.45) is 0.931. The summed E-state index contributed by atoms with van der Waals surface area (Å²) in [5, 5.41) is 0. The smallest absolute Gasteiger partial charge is 0.426 e. The lowest BCUT2D eigenvalue weighted by Crippen LogP contribution is -2.44. The molecule has 1 fully saturated rings. The Morgan fingerprint density at radius 1 is 1.04 bits per heavy atom. The standard InChI is InChI=1S/C16H23N3O5S/c1-16(2,3)24-15(21)18-17-14(20)12-6-8-13(9-7-12)25(22,23)19-10-4-5-11-19/h6-9H,4-5,10-11H2,1-3H3,(H,17,20)(H,18,21). The highest BCUT2D eigenvalue weighted by Gasteiger charge is 2.27. The number of benzene rings is 1. The van der Waals surface area contributed by atoms with E-state index < -0.39 is 27.6 Å². The minimum atomic E-state index is -3.52. The Hall–Kier alpha value is -2.13. The molecule has 1 aliphatic heterocycles. The largest absolute Gasteiger partial charge is 0.443 e. The number of nitrogens with zero attached hydrogens (tertiary/aromatic N) is 1. The van der Waals surface area contributed by atoms with Crippen LogP contribution in [0.5, 0.6) is 0 Å². The van der Waals surface area contributed by atoms with Crippen molar-refractivity contribution in [2.45, 2.75) is 44.1 Å². The summed E-state index contributed by atoms with van der Waals surface area (Å²) < 4.78 is 31.3. The first kappa shape index (κ1) is 19.2. The summed E-state index contributed by atoms with van der Waals surface area (Å²) in [4.78, 5) is 23.6. The van der Waals surface area contributed by atoms with Crippen LogP contribution in [0.4, 0.5) is 4.79 Å². The number of ether oxygens (including phenoxy) is 1. The Balaban J connectivity index is 1.97. The number of nitrogens with one attached hydrogen (secondary N) is 2. The number of hydrogen-bond acceptors (Lipinski definition) is 5. The average Bonchev–Trinajstić information content (AvgIpc) is 3.06. The first-order valence-electron chi connectivity index (χ1n) is 7.99. The van der Waals surface area contributed by atoms with Gasteiger partial charge in [-0.3, -0.25) is 10.2 Å². The van der Waals surface area contributed by atoms with Gasteiger partial charge in [0.05, 0.1) is 4.90 Å². The molecule has 25 heavy (non-hydrogen) atoms. The molecule has 0 saturated carbocycles. The predicted octanol–water partition coefficient (Wildman–Crippen LogP) is 1.64. The Morgan fingerprint density at radius 2 is 1.60 bits per heavy atom. The third-order valence-corrected chi connectivity index (χ3v) is 5.41. The first-order chi connectivity index (χ1) is 11.6. The molecule has 8 nitrogen and oxygen atoms in total. The van der Waals surface area contributed by atoms with Crippen molar-refractivity contribution in [3.05, 3.63) is 29.8 Å². The number of rotatable bonds is 3. The van der Waals surface area contributed by atoms with Gasteiger partial charge in [-0.1, -0.05) is 0 Å². The summed E-state index contributed by atoms with van der Waals surface area (Å²) in [5.41, 5.74) is 3.89. The third-order valence-electron chi connectivity index (χ3n) is 3.50. The van der Waals surface area contributed by atoms with E-state index in [1.165, 1.54) is 28.6 Å². The summed E-state index contributed by atoms with van der Waals surface area (Å²) in [5.74, 6) is -0.573. The van der Waals surface area contributed by atoms with Gasteiger partial charge in [0.1, 0.15) is 5.60 Å². The van der Waals surface area contributed by atoms with Crippen molar-refractivity contribution in [1.29, 1.82) is 0 Å². The van der Waals surface area contributed by atoms with Crippen LogP contribution < -0.4 is 10.9 Å². The van der Waals surface area contributed by atoms with Crippen molar-refractivity contribution in [3.8, 4) is 0 Å². The van der Waals surface area contributed by atoms with E-state index in [1.54, 1.807) is 20.8 Å². The van der Waals surface area contributed by atoms with Gasteiger partial charge >= 0.3 is 6.09 Å². The highest BCUT2D eigenvalue weighted by atomic mass is 32.2. The molecule has 0 spiro atoms. The minimum Gasteiger partial charge on any atom is -0.443 e. The van der Waals surface area contributed by atoms with Crippen molar-refractivity contribution in [1.82, 2.24) is 15.2 Å². The van der Waals surface area contributed by atoms with Gasteiger partial charge in [-0.15, -0.1) is 0 Å². The van der Waals surface area contributed by atoms with E-state index in [0.29, 0.717) is 13.1 Å².